The van der Waals surface area contributed by atoms with E-state index in [1.54, 1.807) is 0 Å². The van der Waals surface area contributed by atoms with Crippen LogP contribution in [-0.4, -0.2) is 50.0 Å². The van der Waals surface area contributed by atoms with Crippen LogP contribution in [0, 0.1) is 0 Å². The second-order valence-electron chi connectivity index (χ2n) is 8.98. The van der Waals surface area contributed by atoms with Gasteiger partial charge in [0.1, 0.15) is 0 Å². The van der Waals surface area contributed by atoms with Crippen molar-refractivity contribution in [2.45, 2.75) is 129 Å². The van der Waals surface area contributed by atoms with Crippen LogP contribution in [0.5, 0.6) is 0 Å². The molecule has 0 fully saturated rings. The Morgan fingerprint density at radius 3 is 1.50 bits per heavy atom. The number of hydrogen-bond acceptors (Lipinski definition) is 3. The van der Waals surface area contributed by atoms with Gasteiger partial charge in [0.15, 0.2) is 0 Å². The Hall–Kier alpha value is -0.120. The topological polar surface area (TPSA) is 32.7 Å². The van der Waals surface area contributed by atoms with E-state index in [4.69, 9.17) is 4.74 Å². The number of hydrogen-bond donors (Lipinski definition) is 1. The Bertz CT molecular complexity index is 284. The molecule has 1 N–H and O–H groups in total. The molecule has 0 bridgehead atoms. The molecule has 0 aliphatic heterocycles. The maximum absolute atomic E-state index is 9.85. The highest BCUT2D eigenvalue weighted by molar-refractivity contribution is 4.56. The highest BCUT2D eigenvalue weighted by Gasteiger charge is 2.04. The molecule has 0 saturated heterocycles. The Morgan fingerprint density at radius 1 is 0.643 bits per heavy atom. The van der Waals surface area contributed by atoms with E-state index in [1.165, 1.54) is 96.3 Å². The number of unbranched alkanes of at least 4 members (excludes halogenated alkanes) is 15. The summed E-state index contributed by atoms with van der Waals surface area (Å²) in [7, 11) is 4.14. The minimum atomic E-state index is -0.291. The fourth-order valence-corrected chi connectivity index (χ4v) is 3.70. The van der Waals surface area contributed by atoms with E-state index in [-0.39, 0.29) is 6.10 Å². The number of nitrogens with zero attached hydrogens (tertiary/aromatic N) is 1. The van der Waals surface area contributed by atoms with Crippen molar-refractivity contribution in [2.24, 2.45) is 0 Å². The summed E-state index contributed by atoms with van der Waals surface area (Å²) in [4.78, 5) is 2.16. The summed E-state index contributed by atoms with van der Waals surface area (Å²) in [6.45, 7) is 4.64. The molecule has 0 amide bonds. The maximum atomic E-state index is 9.85. The Balaban J connectivity index is 3.08. The third kappa shape index (κ3) is 23.9. The predicted octanol–water partition coefficient (Wildman–Crippen LogP) is 6.97. The van der Waals surface area contributed by atoms with Crippen LogP contribution in [0.2, 0.25) is 0 Å². The molecule has 0 radical (unpaired) electrons. The standard InChI is InChI=1S/C25H53NO2/c1-4-5-6-7-8-9-10-11-12-13-14-15-16-17-18-19-23-28-24-25(27)21-20-22-26(2)3/h25,27H,4-24H2,1-3H3. The predicted molar refractivity (Wildman–Crippen MR) is 124 cm³/mol. The summed E-state index contributed by atoms with van der Waals surface area (Å²) in [5.74, 6) is 0. The van der Waals surface area contributed by atoms with Crippen molar-refractivity contribution in [3.05, 3.63) is 0 Å². The van der Waals surface area contributed by atoms with Gasteiger partial charge in [-0.15, -0.1) is 0 Å². The van der Waals surface area contributed by atoms with Gasteiger partial charge in [-0.2, -0.15) is 0 Å². The third-order valence-corrected chi connectivity index (χ3v) is 5.60. The maximum Gasteiger partial charge on any atom is 0.0774 e. The second kappa shape index (κ2) is 23.2. The van der Waals surface area contributed by atoms with Gasteiger partial charge in [0.05, 0.1) is 12.7 Å². The van der Waals surface area contributed by atoms with Gasteiger partial charge < -0.3 is 14.7 Å². The van der Waals surface area contributed by atoms with Gasteiger partial charge in [-0.1, -0.05) is 103 Å². The van der Waals surface area contributed by atoms with Crippen LogP contribution in [0.4, 0.5) is 0 Å². The smallest absolute Gasteiger partial charge is 0.0774 e. The summed E-state index contributed by atoms with van der Waals surface area (Å²) in [5, 5.41) is 9.85. The fraction of sp³-hybridized carbons (Fsp3) is 1.00. The Kier molecular flexibility index (Phi) is 23.1. The van der Waals surface area contributed by atoms with Crippen molar-refractivity contribution in [1.29, 1.82) is 0 Å². The molecule has 0 aromatic rings. The van der Waals surface area contributed by atoms with Crippen molar-refractivity contribution >= 4 is 0 Å². The zero-order valence-corrected chi connectivity index (χ0v) is 19.7. The first-order valence-corrected chi connectivity index (χ1v) is 12.6. The summed E-state index contributed by atoms with van der Waals surface area (Å²) >= 11 is 0. The molecular formula is C25H53NO2. The van der Waals surface area contributed by atoms with Gasteiger partial charge in [-0.25, -0.2) is 0 Å². The Labute approximate surface area is 177 Å². The lowest BCUT2D eigenvalue weighted by Crippen LogP contribution is -2.19. The molecule has 1 atom stereocenters. The molecule has 0 aromatic heterocycles. The highest BCUT2D eigenvalue weighted by atomic mass is 16.5. The first-order valence-electron chi connectivity index (χ1n) is 12.6. The van der Waals surface area contributed by atoms with Crippen molar-refractivity contribution in [1.82, 2.24) is 4.90 Å². The summed E-state index contributed by atoms with van der Waals surface area (Å²) < 4.78 is 5.61. The first-order chi connectivity index (χ1) is 13.7. The van der Waals surface area contributed by atoms with Crippen LogP contribution in [0.1, 0.15) is 122 Å². The van der Waals surface area contributed by atoms with Crippen LogP contribution < -0.4 is 0 Å². The SMILES string of the molecule is CCCCCCCCCCCCCCCCCCOCC(O)CCCN(C)C. The number of rotatable bonds is 23. The number of aliphatic hydroxyl groups excluding tert-OH is 1. The lowest BCUT2D eigenvalue weighted by molar-refractivity contribution is 0.0293. The van der Waals surface area contributed by atoms with E-state index in [0.717, 1.165) is 32.4 Å². The fourth-order valence-electron chi connectivity index (χ4n) is 3.70. The van der Waals surface area contributed by atoms with E-state index in [0.29, 0.717) is 6.61 Å². The molecule has 3 nitrogen and oxygen atoms in total. The monoisotopic (exact) mass is 399 g/mol. The quantitative estimate of drug-likeness (QED) is 0.188. The van der Waals surface area contributed by atoms with Crippen molar-refractivity contribution < 1.29 is 9.84 Å². The molecule has 0 aliphatic rings. The highest BCUT2D eigenvalue weighted by Crippen LogP contribution is 2.13. The molecule has 0 aliphatic carbocycles. The van der Waals surface area contributed by atoms with E-state index < -0.39 is 0 Å². The second-order valence-corrected chi connectivity index (χ2v) is 8.98. The van der Waals surface area contributed by atoms with E-state index >= 15 is 0 Å². The average molecular weight is 400 g/mol. The molecule has 0 rings (SSSR count). The van der Waals surface area contributed by atoms with Gasteiger partial charge in [0.25, 0.3) is 0 Å². The number of ether oxygens (including phenoxy) is 1. The van der Waals surface area contributed by atoms with Crippen LogP contribution in [0.15, 0.2) is 0 Å². The van der Waals surface area contributed by atoms with Gasteiger partial charge in [-0.05, 0) is 39.9 Å². The van der Waals surface area contributed by atoms with Gasteiger partial charge in [0, 0.05) is 6.61 Å². The molecular weight excluding hydrogens is 346 g/mol. The van der Waals surface area contributed by atoms with Gasteiger partial charge >= 0.3 is 0 Å². The zero-order chi connectivity index (χ0) is 20.7. The third-order valence-electron chi connectivity index (χ3n) is 5.60. The number of aliphatic hydroxyl groups is 1. The van der Waals surface area contributed by atoms with E-state index in [9.17, 15) is 5.11 Å². The summed E-state index contributed by atoms with van der Waals surface area (Å²) in [5.41, 5.74) is 0. The Morgan fingerprint density at radius 2 is 1.07 bits per heavy atom. The molecule has 28 heavy (non-hydrogen) atoms. The molecule has 0 aromatic carbocycles. The molecule has 0 saturated carbocycles. The lowest BCUT2D eigenvalue weighted by Gasteiger charge is -2.13. The lowest BCUT2D eigenvalue weighted by atomic mass is 10.0. The summed E-state index contributed by atoms with van der Waals surface area (Å²) in [6.07, 6.45) is 23.9. The van der Waals surface area contributed by atoms with E-state index in [2.05, 4.69) is 25.9 Å². The first kappa shape index (κ1) is 27.9. The van der Waals surface area contributed by atoms with Crippen LogP contribution in [0.25, 0.3) is 0 Å². The zero-order valence-electron chi connectivity index (χ0n) is 19.7. The normalized spacial score (nSPS) is 12.8. The average Bonchev–Trinajstić information content (AvgIpc) is 2.66. The van der Waals surface area contributed by atoms with Crippen molar-refractivity contribution in [3.63, 3.8) is 0 Å². The molecule has 170 valence electrons. The molecule has 0 spiro atoms. The summed E-state index contributed by atoms with van der Waals surface area (Å²) in [6, 6.07) is 0. The largest absolute Gasteiger partial charge is 0.391 e. The minimum Gasteiger partial charge on any atom is -0.391 e. The van der Waals surface area contributed by atoms with Gasteiger partial charge in [0.2, 0.25) is 0 Å². The molecule has 1 unspecified atom stereocenters. The molecule has 0 heterocycles. The van der Waals surface area contributed by atoms with Crippen LogP contribution in [0.3, 0.4) is 0 Å². The van der Waals surface area contributed by atoms with Gasteiger partial charge in [-0.3, -0.25) is 0 Å². The minimum absolute atomic E-state index is 0.291. The van der Waals surface area contributed by atoms with E-state index in [1.807, 2.05) is 0 Å². The van der Waals surface area contributed by atoms with Crippen LogP contribution in [-0.2, 0) is 4.74 Å². The molecule has 3 heteroatoms. The van der Waals surface area contributed by atoms with Crippen LogP contribution >= 0.6 is 0 Å². The van der Waals surface area contributed by atoms with Crippen molar-refractivity contribution in [2.75, 3.05) is 33.9 Å². The van der Waals surface area contributed by atoms with Crippen molar-refractivity contribution in [3.8, 4) is 0 Å².